The lowest BCUT2D eigenvalue weighted by Crippen LogP contribution is -2.28. The maximum Gasteiger partial charge on any atom is 0.171 e. The lowest BCUT2D eigenvalue weighted by molar-refractivity contribution is 0.409. The summed E-state index contributed by atoms with van der Waals surface area (Å²) in [5, 5.41) is 8.07. The van der Waals surface area contributed by atoms with Crippen LogP contribution >= 0.6 is 23.8 Å². The van der Waals surface area contributed by atoms with E-state index in [4.69, 9.17) is 17.0 Å². The van der Waals surface area contributed by atoms with Crippen LogP contribution in [-0.4, -0.2) is 16.6 Å². The Labute approximate surface area is 138 Å². The molecule has 0 amide bonds. The number of hydrogen-bond acceptors (Lipinski definition) is 4. The first kappa shape index (κ1) is 14.7. The zero-order valence-electron chi connectivity index (χ0n) is 12.0. The van der Waals surface area contributed by atoms with E-state index in [9.17, 15) is 0 Å². The van der Waals surface area contributed by atoms with Crippen LogP contribution in [0.3, 0.4) is 0 Å². The fourth-order valence-electron chi connectivity index (χ4n) is 2.15. The molecule has 0 radical (unpaired) electrons. The second-order valence-corrected chi connectivity index (χ2v) is 5.94. The third kappa shape index (κ3) is 3.35. The number of anilines is 1. The van der Waals surface area contributed by atoms with E-state index in [1.54, 1.807) is 7.11 Å². The Morgan fingerprint density at radius 3 is 3.00 bits per heavy atom. The molecule has 2 aromatic carbocycles. The van der Waals surface area contributed by atoms with Gasteiger partial charge in [-0.3, -0.25) is 0 Å². The minimum atomic E-state index is 0.577. The van der Waals surface area contributed by atoms with Crippen LogP contribution in [0.25, 0.3) is 10.1 Å². The molecule has 0 bridgehead atoms. The van der Waals surface area contributed by atoms with Gasteiger partial charge in [0.25, 0.3) is 0 Å². The quantitative estimate of drug-likeness (QED) is 0.713. The summed E-state index contributed by atoms with van der Waals surface area (Å²) in [6.45, 7) is 0.609. The minimum absolute atomic E-state index is 0.577. The largest absolute Gasteiger partial charge is 0.496 e. The molecule has 2 N–H and O–H groups in total. The lowest BCUT2D eigenvalue weighted by atomic mass is 10.2. The number of para-hydroxylation sites is 1. The second kappa shape index (κ2) is 6.72. The first-order chi connectivity index (χ1) is 10.8. The molecular weight excluding hydrogens is 314 g/mol. The SMILES string of the molecule is COc1ccccc1CNC(=S)Nc1ccc2sncc2c1. The van der Waals surface area contributed by atoms with E-state index in [1.807, 2.05) is 48.7 Å². The molecule has 0 aliphatic rings. The third-order valence-corrected chi connectivity index (χ3v) is 4.27. The van der Waals surface area contributed by atoms with Crippen molar-refractivity contribution in [1.29, 1.82) is 0 Å². The van der Waals surface area contributed by atoms with E-state index >= 15 is 0 Å². The molecule has 3 aromatic rings. The summed E-state index contributed by atoms with van der Waals surface area (Å²) >= 11 is 6.83. The third-order valence-electron chi connectivity index (χ3n) is 3.24. The van der Waals surface area contributed by atoms with Crippen molar-refractivity contribution in [2.75, 3.05) is 12.4 Å². The molecule has 0 atom stereocenters. The van der Waals surface area contributed by atoms with Crippen molar-refractivity contribution in [3.05, 3.63) is 54.2 Å². The average molecular weight is 329 g/mol. The smallest absolute Gasteiger partial charge is 0.171 e. The van der Waals surface area contributed by atoms with Gasteiger partial charge in [-0.1, -0.05) is 18.2 Å². The number of nitrogens with zero attached hydrogens (tertiary/aromatic N) is 1. The lowest BCUT2D eigenvalue weighted by Gasteiger charge is -2.12. The van der Waals surface area contributed by atoms with Gasteiger partial charge in [0.15, 0.2) is 5.11 Å². The van der Waals surface area contributed by atoms with Gasteiger partial charge in [0.05, 0.1) is 11.8 Å². The second-order valence-electron chi connectivity index (χ2n) is 4.70. The zero-order chi connectivity index (χ0) is 15.4. The molecule has 0 spiro atoms. The van der Waals surface area contributed by atoms with Gasteiger partial charge in [-0.05, 0) is 48.0 Å². The molecule has 0 aliphatic heterocycles. The van der Waals surface area contributed by atoms with Gasteiger partial charge in [-0.15, -0.1) is 0 Å². The first-order valence-electron chi connectivity index (χ1n) is 6.77. The molecule has 1 aromatic heterocycles. The summed E-state index contributed by atoms with van der Waals surface area (Å²) in [7, 11) is 1.67. The summed E-state index contributed by atoms with van der Waals surface area (Å²) in [5.74, 6) is 0.851. The van der Waals surface area contributed by atoms with Crippen molar-refractivity contribution < 1.29 is 4.74 Å². The maximum atomic E-state index is 5.34. The predicted octanol–water partition coefficient (Wildman–Crippen LogP) is 3.79. The summed E-state index contributed by atoms with van der Waals surface area (Å²) in [6.07, 6.45) is 1.86. The van der Waals surface area contributed by atoms with E-state index in [-0.39, 0.29) is 0 Å². The van der Waals surface area contributed by atoms with Crippen molar-refractivity contribution in [3.8, 4) is 5.75 Å². The fourth-order valence-corrected chi connectivity index (χ4v) is 2.97. The van der Waals surface area contributed by atoms with Gasteiger partial charge in [0.1, 0.15) is 5.75 Å². The standard InChI is InChI=1S/C16H15N3OS2/c1-20-14-5-3-2-4-11(14)9-17-16(21)19-13-6-7-15-12(8-13)10-18-22-15/h2-8,10H,9H2,1H3,(H2,17,19,21). The molecule has 112 valence electrons. The molecule has 0 fully saturated rings. The predicted molar refractivity (Wildman–Crippen MR) is 95.7 cm³/mol. The van der Waals surface area contributed by atoms with E-state index in [0.717, 1.165) is 22.4 Å². The molecule has 0 unspecified atom stereocenters. The number of methoxy groups -OCH3 is 1. The summed E-state index contributed by atoms with van der Waals surface area (Å²) < 4.78 is 10.7. The van der Waals surface area contributed by atoms with E-state index < -0.39 is 0 Å². The number of rotatable bonds is 4. The molecule has 4 nitrogen and oxygen atoms in total. The monoisotopic (exact) mass is 329 g/mol. The zero-order valence-corrected chi connectivity index (χ0v) is 13.6. The van der Waals surface area contributed by atoms with Crippen LogP contribution in [-0.2, 0) is 6.54 Å². The Hall–Kier alpha value is -2.18. The number of nitrogens with one attached hydrogen (secondary N) is 2. The highest BCUT2D eigenvalue weighted by Crippen LogP contribution is 2.22. The van der Waals surface area contributed by atoms with Crippen LogP contribution < -0.4 is 15.4 Å². The Balaban J connectivity index is 1.62. The number of benzene rings is 2. The van der Waals surface area contributed by atoms with Crippen LogP contribution in [0.1, 0.15) is 5.56 Å². The number of ether oxygens (including phenoxy) is 1. The van der Waals surface area contributed by atoms with Crippen LogP contribution in [0.15, 0.2) is 48.7 Å². The first-order valence-corrected chi connectivity index (χ1v) is 7.95. The van der Waals surface area contributed by atoms with E-state index in [2.05, 4.69) is 15.0 Å². The van der Waals surface area contributed by atoms with Crippen molar-refractivity contribution in [3.63, 3.8) is 0 Å². The van der Waals surface area contributed by atoms with Crippen molar-refractivity contribution in [1.82, 2.24) is 9.69 Å². The molecule has 3 rings (SSSR count). The van der Waals surface area contributed by atoms with Gasteiger partial charge in [0.2, 0.25) is 0 Å². The number of aromatic nitrogens is 1. The Morgan fingerprint density at radius 2 is 2.14 bits per heavy atom. The van der Waals surface area contributed by atoms with Crippen LogP contribution in [0, 0.1) is 0 Å². The van der Waals surface area contributed by atoms with Crippen LogP contribution in [0.2, 0.25) is 0 Å². The Morgan fingerprint density at radius 1 is 1.27 bits per heavy atom. The molecule has 0 saturated heterocycles. The van der Waals surface area contributed by atoms with Gasteiger partial charge >= 0.3 is 0 Å². The average Bonchev–Trinajstić information content (AvgIpc) is 3.01. The highest BCUT2D eigenvalue weighted by Gasteiger charge is 2.04. The summed E-state index contributed by atoms with van der Waals surface area (Å²) in [4.78, 5) is 0. The van der Waals surface area contributed by atoms with Gasteiger partial charge in [-0.2, -0.15) is 4.37 Å². The Kier molecular flexibility index (Phi) is 4.50. The van der Waals surface area contributed by atoms with E-state index in [0.29, 0.717) is 11.7 Å². The molecule has 1 heterocycles. The van der Waals surface area contributed by atoms with Crippen molar-refractivity contribution >= 4 is 44.6 Å². The van der Waals surface area contributed by atoms with Crippen molar-refractivity contribution in [2.24, 2.45) is 0 Å². The van der Waals surface area contributed by atoms with Gasteiger partial charge in [-0.25, -0.2) is 0 Å². The molecule has 0 saturated carbocycles. The minimum Gasteiger partial charge on any atom is -0.496 e. The molecule has 0 aliphatic carbocycles. The number of thiocarbonyl (C=S) groups is 1. The highest BCUT2D eigenvalue weighted by atomic mass is 32.1. The van der Waals surface area contributed by atoms with Gasteiger partial charge in [0, 0.05) is 29.4 Å². The van der Waals surface area contributed by atoms with E-state index in [1.165, 1.54) is 16.2 Å². The number of hydrogen-bond donors (Lipinski definition) is 2. The summed E-state index contributed by atoms with van der Waals surface area (Å²) in [5.41, 5.74) is 2.01. The normalized spacial score (nSPS) is 10.4. The van der Waals surface area contributed by atoms with Crippen LogP contribution in [0.5, 0.6) is 5.75 Å². The summed E-state index contributed by atoms with van der Waals surface area (Å²) in [6, 6.07) is 13.9. The number of fused-ring (bicyclic) bond motifs is 1. The van der Waals surface area contributed by atoms with Crippen molar-refractivity contribution in [2.45, 2.75) is 6.54 Å². The topological polar surface area (TPSA) is 46.2 Å². The molecule has 6 heteroatoms. The fraction of sp³-hybridized carbons (Fsp3) is 0.125. The molecular formula is C16H15N3OS2. The Bertz CT molecular complexity index is 801. The molecule has 22 heavy (non-hydrogen) atoms. The van der Waals surface area contributed by atoms with Crippen LogP contribution in [0.4, 0.5) is 5.69 Å². The van der Waals surface area contributed by atoms with Gasteiger partial charge < -0.3 is 15.4 Å². The maximum absolute atomic E-state index is 5.34. The highest BCUT2D eigenvalue weighted by molar-refractivity contribution is 7.80.